The molecule has 3 rings (SSSR count). The number of hydrogen-bond acceptors (Lipinski definition) is 2. The van der Waals surface area contributed by atoms with E-state index in [-0.39, 0.29) is 17.3 Å². The van der Waals surface area contributed by atoms with E-state index in [1.165, 1.54) is 22.6 Å². The van der Waals surface area contributed by atoms with Gasteiger partial charge in [0, 0.05) is 18.2 Å². The number of halogens is 1. The largest absolute Gasteiger partial charge is 0.465 e. The van der Waals surface area contributed by atoms with E-state index in [1.807, 2.05) is 31.3 Å². The van der Waals surface area contributed by atoms with Crippen LogP contribution in [0.4, 0.5) is 14.9 Å². The second-order valence-corrected chi connectivity index (χ2v) is 8.66. The first-order valence-electron chi connectivity index (χ1n) is 9.78. The molecule has 1 aliphatic heterocycles. The molecule has 1 fully saturated rings. The van der Waals surface area contributed by atoms with Gasteiger partial charge in [0.05, 0.1) is 5.69 Å². The molecule has 2 aromatic carbocycles. The molecule has 0 bridgehead atoms. The van der Waals surface area contributed by atoms with Crippen LogP contribution in [0, 0.1) is 5.82 Å². The fraction of sp³-hybridized carbons (Fsp3) is 0.435. The molecule has 0 radical (unpaired) electrons. The lowest BCUT2D eigenvalue weighted by Crippen LogP contribution is -2.41. The lowest BCUT2D eigenvalue weighted by Gasteiger charge is -2.28. The van der Waals surface area contributed by atoms with Gasteiger partial charge >= 0.3 is 6.09 Å². The Balaban J connectivity index is 2.00. The molecule has 0 spiro atoms. The lowest BCUT2D eigenvalue weighted by molar-refractivity contribution is 0.198. The van der Waals surface area contributed by atoms with Crippen molar-refractivity contribution in [2.75, 3.05) is 25.0 Å². The molecule has 0 aliphatic carbocycles. The van der Waals surface area contributed by atoms with Crippen molar-refractivity contribution in [3.8, 4) is 11.1 Å². The van der Waals surface area contributed by atoms with Crippen LogP contribution in [0.1, 0.15) is 39.2 Å². The van der Waals surface area contributed by atoms with Gasteiger partial charge < -0.3 is 10.0 Å². The molecule has 1 atom stereocenters. The number of amides is 1. The highest BCUT2D eigenvalue weighted by molar-refractivity contribution is 5.93. The van der Waals surface area contributed by atoms with Crippen LogP contribution in [0.3, 0.4) is 0 Å². The van der Waals surface area contributed by atoms with Crippen molar-refractivity contribution in [3.05, 3.63) is 53.8 Å². The molecule has 150 valence electrons. The van der Waals surface area contributed by atoms with Crippen LogP contribution in [0.5, 0.6) is 0 Å². The maximum atomic E-state index is 14.1. The molecular weight excluding hydrogens is 355 g/mol. The average Bonchev–Trinajstić information content (AvgIpc) is 3.04. The highest BCUT2D eigenvalue weighted by Crippen LogP contribution is 2.34. The molecule has 0 aromatic heterocycles. The van der Waals surface area contributed by atoms with Crippen LogP contribution < -0.4 is 4.90 Å². The summed E-state index contributed by atoms with van der Waals surface area (Å²) >= 11 is 0. The highest BCUT2D eigenvalue weighted by Gasteiger charge is 2.28. The van der Waals surface area contributed by atoms with Gasteiger partial charge in [0.2, 0.25) is 0 Å². The van der Waals surface area contributed by atoms with Gasteiger partial charge in [0.15, 0.2) is 0 Å². The highest BCUT2D eigenvalue weighted by atomic mass is 19.1. The van der Waals surface area contributed by atoms with Crippen LogP contribution in [-0.2, 0) is 5.41 Å². The molecule has 2 aromatic rings. The molecule has 1 saturated heterocycles. The maximum absolute atomic E-state index is 14.1. The van der Waals surface area contributed by atoms with Crippen molar-refractivity contribution in [1.29, 1.82) is 0 Å². The van der Waals surface area contributed by atoms with Gasteiger partial charge in [-0.15, -0.1) is 0 Å². The van der Waals surface area contributed by atoms with E-state index in [1.54, 1.807) is 6.07 Å². The summed E-state index contributed by atoms with van der Waals surface area (Å²) in [6, 6.07) is 12.5. The third-order valence-corrected chi connectivity index (χ3v) is 5.61. The molecule has 1 N–H and O–H groups in total. The third-order valence-electron chi connectivity index (χ3n) is 5.61. The second-order valence-electron chi connectivity index (χ2n) is 8.66. The zero-order chi connectivity index (χ0) is 20.5. The maximum Gasteiger partial charge on any atom is 0.411 e. The number of nitrogens with zero attached hydrogens (tertiary/aromatic N) is 2. The quantitative estimate of drug-likeness (QED) is 0.771. The molecule has 1 amide bonds. The van der Waals surface area contributed by atoms with Crippen molar-refractivity contribution in [2.45, 2.75) is 45.1 Å². The molecule has 1 unspecified atom stereocenters. The monoisotopic (exact) mass is 384 g/mol. The third kappa shape index (κ3) is 4.36. The molecule has 5 heteroatoms. The SMILES string of the molecule is CN1CCCC1CN(C(=O)O)c1ccc(F)cc1-c1ccc(C(C)(C)C)cc1. The summed E-state index contributed by atoms with van der Waals surface area (Å²) in [5.74, 6) is -0.373. The summed E-state index contributed by atoms with van der Waals surface area (Å²) in [6.07, 6.45) is 1.02. The van der Waals surface area contributed by atoms with Crippen LogP contribution in [0.15, 0.2) is 42.5 Å². The van der Waals surface area contributed by atoms with Crippen molar-refractivity contribution in [1.82, 2.24) is 4.90 Å². The lowest BCUT2D eigenvalue weighted by atomic mass is 9.86. The second kappa shape index (κ2) is 7.92. The number of carbonyl (C=O) groups is 1. The number of hydrogen-bond donors (Lipinski definition) is 1. The van der Waals surface area contributed by atoms with Crippen molar-refractivity contribution in [3.63, 3.8) is 0 Å². The number of benzene rings is 2. The minimum absolute atomic E-state index is 0.0173. The number of likely N-dealkylation sites (tertiary alicyclic amines) is 1. The fourth-order valence-electron chi connectivity index (χ4n) is 3.82. The van der Waals surface area contributed by atoms with Gasteiger partial charge in [-0.2, -0.15) is 0 Å². The first-order valence-corrected chi connectivity index (χ1v) is 9.78. The van der Waals surface area contributed by atoms with Gasteiger partial charge in [-0.1, -0.05) is 45.0 Å². The topological polar surface area (TPSA) is 43.8 Å². The minimum atomic E-state index is -1.01. The van der Waals surface area contributed by atoms with E-state index in [2.05, 4.69) is 25.7 Å². The normalized spacial score (nSPS) is 17.7. The molecular formula is C23H29FN2O2. The Morgan fingerprint density at radius 3 is 2.43 bits per heavy atom. The summed E-state index contributed by atoms with van der Waals surface area (Å²) in [5, 5.41) is 9.88. The van der Waals surface area contributed by atoms with E-state index < -0.39 is 6.09 Å². The van der Waals surface area contributed by atoms with E-state index >= 15 is 0 Å². The van der Waals surface area contributed by atoms with Crippen molar-refractivity contribution >= 4 is 11.8 Å². The summed E-state index contributed by atoms with van der Waals surface area (Å²) < 4.78 is 14.1. The predicted molar refractivity (Wildman–Crippen MR) is 112 cm³/mol. The number of likely N-dealkylation sites (N-methyl/N-ethyl adjacent to an activating group) is 1. The summed E-state index contributed by atoms with van der Waals surface area (Å²) in [6.45, 7) is 7.77. The van der Waals surface area contributed by atoms with Gasteiger partial charge in [-0.25, -0.2) is 9.18 Å². The van der Waals surface area contributed by atoms with Crippen LogP contribution in [0.2, 0.25) is 0 Å². The molecule has 0 saturated carbocycles. The van der Waals surface area contributed by atoms with Crippen molar-refractivity contribution in [2.24, 2.45) is 0 Å². The first kappa shape index (κ1) is 20.3. The zero-order valence-electron chi connectivity index (χ0n) is 17.1. The summed E-state index contributed by atoms with van der Waals surface area (Å²) in [5.41, 5.74) is 3.13. The van der Waals surface area contributed by atoms with E-state index in [4.69, 9.17) is 0 Å². The molecule has 4 nitrogen and oxygen atoms in total. The van der Waals surface area contributed by atoms with E-state index in [9.17, 15) is 14.3 Å². The average molecular weight is 384 g/mol. The zero-order valence-corrected chi connectivity index (χ0v) is 17.1. The van der Waals surface area contributed by atoms with Crippen LogP contribution in [0.25, 0.3) is 11.1 Å². The molecule has 28 heavy (non-hydrogen) atoms. The van der Waals surface area contributed by atoms with E-state index in [0.717, 1.165) is 24.9 Å². The standard InChI is InChI=1S/C23H29FN2O2/c1-23(2,3)17-9-7-16(8-10-17)20-14-18(24)11-12-21(20)26(22(27)28)15-19-6-5-13-25(19)4/h7-12,14,19H,5-6,13,15H2,1-4H3,(H,27,28). The van der Waals surface area contributed by atoms with Gasteiger partial charge in [-0.05, 0) is 61.2 Å². The smallest absolute Gasteiger partial charge is 0.411 e. The fourth-order valence-corrected chi connectivity index (χ4v) is 3.82. The summed E-state index contributed by atoms with van der Waals surface area (Å²) in [7, 11) is 2.02. The number of anilines is 1. The Morgan fingerprint density at radius 2 is 1.89 bits per heavy atom. The Bertz CT molecular complexity index is 843. The van der Waals surface area contributed by atoms with Crippen LogP contribution >= 0.6 is 0 Å². The first-order chi connectivity index (χ1) is 13.2. The van der Waals surface area contributed by atoms with Gasteiger partial charge in [-0.3, -0.25) is 4.90 Å². The number of carboxylic acid groups (broad SMARTS) is 1. The Labute approximate surface area is 166 Å². The minimum Gasteiger partial charge on any atom is -0.465 e. The number of rotatable bonds is 4. The predicted octanol–water partition coefficient (Wildman–Crippen LogP) is 5.37. The van der Waals surface area contributed by atoms with Gasteiger partial charge in [0.1, 0.15) is 5.82 Å². The Morgan fingerprint density at radius 1 is 1.21 bits per heavy atom. The molecule has 1 aliphatic rings. The molecule has 1 heterocycles. The Kier molecular flexibility index (Phi) is 5.75. The van der Waals surface area contributed by atoms with Crippen LogP contribution in [-0.4, -0.2) is 42.3 Å². The Hall–Kier alpha value is -2.40. The summed E-state index contributed by atoms with van der Waals surface area (Å²) in [4.78, 5) is 15.6. The van der Waals surface area contributed by atoms with Gasteiger partial charge in [0.25, 0.3) is 0 Å². The van der Waals surface area contributed by atoms with Crippen molar-refractivity contribution < 1.29 is 14.3 Å². The van der Waals surface area contributed by atoms with E-state index in [0.29, 0.717) is 17.8 Å².